The monoisotopic (exact) mass is 527 g/mol. The molecular weight excluding hydrogens is 506 g/mol. The summed E-state index contributed by atoms with van der Waals surface area (Å²) in [6.45, 7) is 2.56. The number of rotatable bonds is 5. The van der Waals surface area contributed by atoms with Gasteiger partial charge < -0.3 is 14.5 Å². The first kappa shape index (κ1) is 25.1. The largest absolute Gasteiger partial charge is 0.495 e. The van der Waals surface area contributed by atoms with Gasteiger partial charge in [-0.3, -0.25) is 9.78 Å². The number of pyridine rings is 1. The summed E-state index contributed by atoms with van der Waals surface area (Å²) in [5.74, 6) is 0.0531. The average Bonchev–Trinajstić information content (AvgIpc) is 3.15. The number of hydrogen-bond acceptors (Lipinski definition) is 5. The highest BCUT2D eigenvalue weighted by Gasteiger charge is 2.41. The van der Waals surface area contributed by atoms with Gasteiger partial charge in [-0.15, -0.1) is 0 Å². The van der Waals surface area contributed by atoms with E-state index in [4.69, 9.17) is 27.9 Å². The van der Waals surface area contributed by atoms with Crippen molar-refractivity contribution in [1.82, 2.24) is 19.7 Å². The number of nitrogens with zero attached hydrogens (tertiary/aromatic N) is 5. The fourth-order valence-electron chi connectivity index (χ4n) is 4.12. The number of alkyl halides is 3. The number of benzene rings is 1. The standard InChI is InChI=1S/C23H22Cl2F3N5O2/c1-14-12-31(15-6-7-16(24)18(11-15)35-2)9-10-32(14)19(34)13-33-22(23(26,27)28)20(25)21(30-33)17-5-3-4-8-29-17/h3-8,11,14H,9-10,12-13H2,1-2H3/t14-/m0/s1. The predicted octanol–water partition coefficient (Wildman–Crippen LogP) is 5.02. The minimum Gasteiger partial charge on any atom is -0.495 e. The van der Waals surface area contributed by atoms with Crippen LogP contribution in [0.1, 0.15) is 12.6 Å². The second kappa shape index (κ2) is 9.94. The van der Waals surface area contributed by atoms with Gasteiger partial charge in [0.1, 0.15) is 23.0 Å². The van der Waals surface area contributed by atoms with E-state index in [1.54, 1.807) is 23.1 Å². The van der Waals surface area contributed by atoms with Crippen molar-refractivity contribution < 1.29 is 22.7 Å². The van der Waals surface area contributed by atoms with Gasteiger partial charge in [-0.05, 0) is 31.2 Å². The van der Waals surface area contributed by atoms with Crippen LogP contribution in [0.15, 0.2) is 42.6 Å². The molecule has 7 nitrogen and oxygen atoms in total. The van der Waals surface area contributed by atoms with Crippen LogP contribution in [0.4, 0.5) is 18.9 Å². The second-order valence-electron chi connectivity index (χ2n) is 8.08. The highest BCUT2D eigenvalue weighted by molar-refractivity contribution is 6.33. The van der Waals surface area contributed by atoms with E-state index >= 15 is 0 Å². The fourth-order valence-corrected chi connectivity index (χ4v) is 4.65. The quantitative estimate of drug-likeness (QED) is 0.466. The molecule has 1 saturated heterocycles. The van der Waals surface area contributed by atoms with E-state index in [1.165, 1.54) is 19.4 Å². The van der Waals surface area contributed by atoms with Crippen molar-refractivity contribution in [1.29, 1.82) is 0 Å². The maximum Gasteiger partial charge on any atom is 0.434 e. The molecule has 3 heterocycles. The molecule has 0 aliphatic carbocycles. The number of amides is 1. The number of ether oxygens (including phenoxy) is 1. The lowest BCUT2D eigenvalue weighted by atomic mass is 10.1. The van der Waals surface area contributed by atoms with Gasteiger partial charge in [0.05, 0.1) is 17.8 Å². The molecule has 1 atom stereocenters. The van der Waals surface area contributed by atoms with Gasteiger partial charge in [0, 0.05) is 43.6 Å². The first-order valence-electron chi connectivity index (χ1n) is 10.7. The highest BCUT2D eigenvalue weighted by Crippen LogP contribution is 2.39. The van der Waals surface area contributed by atoms with Gasteiger partial charge in [0.25, 0.3) is 0 Å². The minimum absolute atomic E-state index is 0.123. The Balaban J connectivity index is 1.53. The summed E-state index contributed by atoms with van der Waals surface area (Å²) < 4.78 is 47.4. The van der Waals surface area contributed by atoms with Crippen molar-refractivity contribution in [3.63, 3.8) is 0 Å². The molecule has 1 amide bonds. The number of anilines is 1. The van der Waals surface area contributed by atoms with Gasteiger partial charge in [-0.25, -0.2) is 4.68 Å². The molecular formula is C23H22Cl2F3N5O2. The Kier molecular flexibility index (Phi) is 7.14. The molecule has 3 aromatic rings. The summed E-state index contributed by atoms with van der Waals surface area (Å²) >= 11 is 12.2. The van der Waals surface area contributed by atoms with Gasteiger partial charge in [-0.2, -0.15) is 18.3 Å². The highest BCUT2D eigenvalue weighted by atomic mass is 35.5. The molecule has 1 aromatic carbocycles. The van der Waals surface area contributed by atoms with Crippen LogP contribution in [-0.2, 0) is 17.5 Å². The van der Waals surface area contributed by atoms with Crippen LogP contribution in [0.25, 0.3) is 11.4 Å². The van der Waals surface area contributed by atoms with Crippen LogP contribution < -0.4 is 9.64 Å². The summed E-state index contributed by atoms with van der Waals surface area (Å²) in [6, 6.07) is 9.90. The number of halogens is 5. The Morgan fingerprint density at radius 2 is 1.97 bits per heavy atom. The van der Waals surface area contributed by atoms with Crippen LogP contribution in [0.3, 0.4) is 0 Å². The van der Waals surface area contributed by atoms with E-state index in [-0.39, 0.29) is 17.4 Å². The van der Waals surface area contributed by atoms with E-state index in [9.17, 15) is 18.0 Å². The molecule has 2 aromatic heterocycles. The summed E-state index contributed by atoms with van der Waals surface area (Å²) in [5, 5.41) is 3.92. The number of piperazine rings is 1. The van der Waals surface area contributed by atoms with Gasteiger partial charge in [0.2, 0.25) is 5.91 Å². The van der Waals surface area contributed by atoms with E-state index < -0.39 is 29.3 Å². The molecule has 1 fully saturated rings. The lowest BCUT2D eigenvalue weighted by Crippen LogP contribution is -2.55. The molecule has 4 rings (SSSR count). The number of hydrogen-bond donors (Lipinski definition) is 0. The van der Waals surface area contributed by atoms with E-state index in [2.05, 4.69) is 15.0 Å². The average molecular weight is 528 g/mol. The van der Waals surface area contributed by atoms with Crippen molar-refractivity contribution >= 4 is 34.8 Å². The van der Waals surface area contributed by atoms with Gasteiger partial charge in [0.15, 0.2) is 5.69 Å². The SMILES string of the molecule is COc1cc(N2CCN(C(=O)Cn3nc(-c4ccccn4)c(Cl)c3C(F)(F)F)[C@@H](C)C2)ccc1Cl. The molecule has 0 radical (unpaired) electrons. The number of methoxy groups -OCH3 is 1. The zero-order valence-corrected chi connectivity index (χ0v) is 20.4. The van der Waals surface area contributed by atoms with Crippen LogP contribution in [0.5, 0.6) is 5.75 Å². The summed E-state index contributed by atoms with van der Waals surface area (Å²) in [5.41, 5.74) is -0.229. The summed E-state index contributed by atoms with van der Waals surface area (Å²) in [6.07, 6.45) is -3.37. The molecule has 0 bridgehead atoms. The minimum atomic E-state index is -4.80. The van der Waals surface area contributed by atoms with Crippen molar-refractivity contribution in [2.75, 3.05) is 31.6 Å². The summed E-state index contributed by atoms with van der Waals surface area (Å²) in [7, 11) is 1.53. The lowest BCUT2D eigenvalue weighted by Gasteiger charge is -2.41. The molecule has 1 aliphatic rings. The van der Waals surface area contributed by atoms with Crippen molar-refractivity contribution in [2.45, 2.75) is 25.7 Å². The molecule has 0 saturated carbocycles. The number of carbonyl (C=O) groups is 1. The Bertz CT molecular complexity index is 1220. The fraction of sp³-hybridized carbons (Fsp3) is 0.348. The molecule has 0 spiro atoms. The molecule has 0 unspecified atom stereocenters. The van der Waals surface area contributed by atoms with Crippen molar-refractivity contribution in [3.8, 4) is 17.1 Å². The lowest BCUT2D eigenvalue weighted by molar-refractivity contribution is -0.146. The first-order chi connectivity index (χ1) is 16.6. The Hall–Kier alpha value is -2.98. The van der Waals surface area contributed by atoms with E-state index in [0.717, 1.165) is 5.69 Å². The maximum absolute atomic E-state index is 13.8. The normalized spacial score (nSPS) is 16.5. The van der Waals surface area contributed by atoms with Crippen LogP contribution in [0, 0.1) is 0 Å². The molecule has 35 heavy (non-hydrogen) atoms. The smallest absolute Gasteiger partial charge is 0.434 e. The van der Waals surface area contributed by atoms with Crippen LogP contribution >= 0.6 is 23.2 Å². The van der Waals surface area contributed by atoms with E-state index in [0.29, 0.717) is 35.1 Å². The molecule has 0 N–H and O–H groups in total. The van der Waals surface area contributed by atoms with Crippen LogP contribution in [-0.4, -0.2) is 58.4 Å². The number of carbonyl (C=O) groups excluding carboxylic acids is 1. The number of aromatic nitrogens is 3. The Morgan fingerprint density at radius 1 is 1.20 bits per heavy atom. The zero-order valence-electron chi connectivity index (χ0n) is 18.9. The van der Waals surface area contributed by atoms with Crippen molar-refractivity contribution in [2.24, 2.45) is 0 Å². The Morgan fingerprint density at radius 3 is 2.60 bits per heavy atom. The van der Waals surface area contributed by atoms with E-state index in [1.807, 2.05) is 19.1 Å². The van der Waals surface area contributed by atoms with Crippen LogP contribution in [0.2, 0.25) is 10.0 Å². The third kappa shape index (κ3) is 5.18. The third-order valence-corrected chi connectivity index (χ3v) is 6.47. The molecule has 12 heteroatoms. The topological polar surface area (TPSA) is 63.5 Å². The molecule has 186 valence electrons. The Labute approximate surface area is 210 Å². The van der Waals surface area contributed by atoms with Gasteiger partial charge >= 0.3 is 6.18 Å². The van der Waals surface area contributed by atoms with Gasteiger partial charge in [-0.1, -0.05) is 29.3 Å². The molecule has 1 aliphatic heterocycles. The maximum atomic E-state index is 13.8. The third-order valence-electron chi connectivity index (χ3n) is 5.80. The first-order valence-corrected chi connectivity index (χ1v) is 11.5. The second-order valence-corrected chi connectivity index (χ2v) is 8.87. The van der Waals surface area contributed by atoms with Crippen molar-refractivity contribution in [3.05, 3.63) is 58.3 Å². The predicted molar refractivity (Wildman–Crippen MR) is 127 cm³/mol. The summed E-state index contributed by atoms with van der Waals surface area (Å²) in [4.78, 5) is 20.7. The zero-order chi connectivity index (χ0) is 25.3.